The van der Waals surface area contributed by atoms with Crippen molar-refractivity contribution in [1.82, 2.24) is 9.73 Å². The molecule has 3 aromatic carbocycles. The van der Waals surface area contributed by atoms with Gasteiger partial charge < -0.3 is 9.47 Å². The predicted octanol–water partition coefficient (Wildman–Crippen LogP) is 3.81. The Hall–Kier alpha value is -3.21. The molecule has 0 aromatic heterocycles. The van der Waals surface area contributed by atoms with Gasteiger partial charge in [0.2, 0.25) is 10.0 Å². The zero-order valence-corrected chi connectivity index (χ0v) is 21.0. The molecule has 0 unspecified atom stereocenters. The summed E-state index contributed by atoms with van der Waals surface area (Å²) in [7, 11) is -0.942. The average molecular weight is 546 g/mol. The molecule has 3 rings (SSSR count). The number of carbonyl (C=O) groups is 1. The third-order valence-corrected chi connectivity index (χ3v) is 7.10. The first kappa shape index (κ1) is 25.4. The molecule has 0 heterocycles. The topological polar surface area (TPSA) is 97.3 Å². The van der Waals surface area contributed by atoms with Crippen molar-refractivity contribution in [2.75, 3.05) is 20.8 Å². The van der Waals surface area contributed by atoms with Crippen LogP contribution in [0.5, 0.6) is 11.5 Å². The van der Waals surface area contributed by atoms with Crippen LogP contribution in [0.2, 0.25) is 0 Å². The lowest BCUT2D eigenvalue weighted by molar-refractivity contribution is -0.121. The first-order valence-electron chi connectivity index (χ1n) is 10.2. The van der Waals surface area contributed by atoms with Crippen molar-refractivity contribution in [3.8, 4) is 11.5 Å². The van der Waals surface area contributed by atoms with Crippen LogP contribution in [-0.4, -0.2) is 45.6 Å². The van der Waals surface area contributed by atoms with Crippen LogP contribution in [0.1, 0.15) is 11.1 Å². The van der Waals surface area contributed by atoms with Crippen LogP contribution in [0.15, 0.2) is 87.3 Å². The van der Waals surface area contributed by atoms with Gasteiger partial charge >= 0.3 is 0 Å². The summed E-state index contributed by atoms with van der Waals surface area (Å²) in [5.74, 6) is 0.524. The van der Waals surface area contributed by atoms with Crippen molar-refractivity contribution in [3.05, 3.63) is 88.4 Å². The van der Waals surface area contributed by atoms with Crippen molar-refractivity contribution < 1.29 is 22.7 Å². The summed E-state index contributed by atoms with van der Waals surface area (Å²) in [6, 6.07) is 20.4. The SMILES string of the molecule is COc1ccc(S(=O)(=O)N(CC(=O)NN=Cc2cc(Br)ccc2OC)Cc2ccccc2)cc1. The van der Waals surface area contributed by atoms with E-state index in [4.69, 9.17) is 9.47 Å². The van der Waals surface area contributed by atoms with Gasteiger partial charge in [0.05, 0.1) is 31.9 Å². The second-order valence-corrected chi connectivity index (χ2v) is 9.97. The highest BCUT2D eigenvalue weighted by Crippen LogP contribution is 2.22. The van der Waals surface area contributed by atoms with E-state index in [2.05, 4.69) is 26.5 Å². The molecule has 0 bridgehead atoms. The van der Waals surface area contributed by atoms with Gasteiger partial charge in [-0.05, 0) is 48.0 Å². The zero-order valence-electron chi connectivity index (χ0n) is 18.6. The van der Waals surface area contributed by atoms with Crippen LogP contribution in [0.4, 0.5) is 0 Å². The fourth-order valence-electron chi connectivity index (χ4n) is 3.09. The molecule has 178 valence electrons. The molecule has 0 aliphatic heterocycles. The first-order valence-corrected chi connectivity index (χ1v) is 12.4. The number of rotatable bonds is 10. The van der Waals surface area contributed by atoms with Crippen molar-refractivity contribution in [3.63, 3.8) is 0 Å². The molecule has 10 heteroatoms. The van der Waals surface area contributed by atoms with E-state index in [1.165, 1.54) is 32.6 Å². The average Bonchev–Trinajstić information content (AvgIpc) is 2.84. The maximum absolute atomic E-state index is 13.3. The number of hydrogen-bond acceptors (Lipinski definition) is 6. The van der Waals surface area contributed by atoms with Crippen molar-refractivity contribution in [2.24, 2.45) is 5.10 Å². The van der Waals surface area contributed by atoms with E-state index in [9.17, 15) is 13.2 Å². The van der Waals surface area contributed by atoms with Gasteiger partial charge in [0.1, 0.15) is 11.5 Å². The predicted molar refractivity (Wildman–Crippen MR) is 133 cm³/mol. The molecule has 3 aromatic rings. The summed E-state index contributed by atoms with van der Waals surface area (Å²) in [5, 5.41) is 3.97. The Labute approximate surface area is 207 Å². The highest BCUT2D eigenvalue weighted by molar-refractivity contribution is 9.10. The summed E-state index contributed by atoms with van der Waals surface area (Å²) >= 11 is 3.38. The normalized spacial score (nSPS) is 11.5. The molecular formula is C24H24BrN3O5S. The Morgan fingerprint density at radius 3 is 2.38 bits per heavy atom. The van der Waals surface area contributed by atoms with E-state index < -0.39 is 22.5 Å². The number of amides is 1. The summed E-state index contributed by atoms with van der Waals surface area (Å²) in [6.45, 7) is -0.401. The molecule has 8 nitrogen and oxygen atoms in total. The minimum Gasteiger partial charge on any atom is -0.497 e. The van der Waals surface area contributed by atoms with Crippen LogP contribution in [0, 0.1) is 0 Å². The molecule has 34 heavy (non-hydrogen) atoms. The number of ether oxygens (including phenoxy) is 2. The fraction of sp³-hybridized carbons (Fsp3) is 0.167. The minimum absolute atomic E-state index is 0.0196. The zero-order chi connectivity index (χ0) is 24.6. The second kappa shape index (κ2) is 11.8. The Morgan fingerprint density at radius 2 is 1.74 bits per heavy atom. The number of carbonyl (C=O) groups excluding carboxylic acids is 1. The maximum Gasteiger partial charge on any atom is 0.255 e. The first-order chi connectivity index (χ1) is 16.3. The van der Waals surface area contributed by atoms with E-state index in [-0.39, 0.29) is 11.4 Å². The smallest absolute Gasteiger partial charge is 0.255 e. The van der Waals surface area contributed by atoms with Crippen LogP contribution in [0.25, 0.3) is 0 Å². The van der Waals surface area contributed by atoms with Gasteiger partial charge in [-0.1, -0.05) is 46.3 Å². The van der Waals surface area contributed by atoms with Crippen LogP contribution in [-0.2, 0) is 21.4 Å². The summed E-state index contributed by atoms with van der Waals surface area (Å²) in [5.41, 5.74) is 3.78. The Kier molecular flexibility index (Phi) is 8.80. The van der Waals surface area contributed by atoms with E-state index in [1.54, 1.807) is 36.4 Å². The molecule has 0 spiro atoms. The van der Waals surface area contributed by atoms with Crippen molar-refractivity contribution in [1.29, 1.82) is 0 Å². The molecular weight excluding hydrogens is 522 g/mol. The van der Waals surface area contributed by atoms with Crippen LogP contribution >= 0.6 is 15.9 Å². The second-order valence-electron chi connectivity index (χ2n) is 7.11. The lowest BCUT2D eigenvalue weighted by atomic mass is 10.2. The van der Waals surface area contributed by atoms with Crippen molar-refractivity contribution in [2.45, 2.75) is 11.4 Å². The van der Waals surface area contributed by atoms with Crippen LogP contribution < -0.4 is 14.9 Å². The highest BCUT2D eigenvalue weighted by atomic mass is 79.9. The Morgan fingerprint density at radius 1 is 1.03 bits per heavy atom. The van der Waals surface area contributed by atoms with E-state index >= 15 is 0 Å². The Bertz CT molecular complexity index is 1250. The highest BCUT2D eigenvalue weighted by Gasteiger charge is 2.27. The number of halogens is 1. The molecule has 1 amide bonds. The minimum atomic E-state index is -3.97. The van der Waals surface area contributed by atoms with E-state index in [1.807, 2.05) is 24.3 Å². The molecule has 0 aliphatic rings. The molecule has 0 aliphatic carbocycles. The summed E-state index contributed by atoms with van der Waals surface area (Å²) in [4.78, 5) is 12.7. The van der Waals surface area contributed by atoms with Gasteiger partial charge in [-0.3, -0.25) is 4.79 Å². The number of sulfonamides is 1. The lowest BCUT2D eigenvalue weighted by Crippen LogP contribution is -2.39. The molecule has 0 fully saturated rings. The van der Waals surface area contributed by atoms with Crippen LogP contribution in [0.3, 0.4) is 0 Å². The molecule has 0 atom stereocenters. The van der Waals surface area contributed by atoms with Gasteiger partial charge in [-0.25, -0.2) is 13.8 Å². The van der Waals surface area contributed by atoms with E-state index in [0.717, 1.165) is 14.3 Å². The van der Waals surface area contributed by atoms with Gasteiger partial charge in [0, 0.05) is 16.6 Å². The monoisotopic (exact) mass is 545 g/mol. The number of methoxy groups -OCH3 is 2. The lowest BCUT2D eigenvalue weighted by Gasteiger charge is -2.21. The standard InChI is InChI=1S/C24H24BrN3O5S/c1-32-21-9-11-22(12-10-21)34(30,31)28(16-18-6-4-3-5-7-18)17-24(29)27-26-15-19-14-20(25)8-13-23(19)33-2/h3-15H,16-17H2,1-2H3,(H,27,29). The van der Waals surface area contributed by atoms with Gasteiger partial charge in [-0.2, -0.15) is 9.41 Å². The Balaban J connectivity index is 1.79. The summed E-state index contributed by atoms with van der Waals surface area (Å²) in [6.07, 6.45) is 1.43. The largest absolute Gasteiger partial charge is 0.497 e. The number of nitrogens with zero attached hydrogens (tertiary/aromatic N) is 2. The van der Waals surface area contributed by atoms with Gasteiger partial charge in [-0.15, -0.1) is 0 Å². The van der Waals surface area contributed by atoms with Gasteiger partial charge in [0.25, 0.3) is 5.91 Å². The van der Waals surface area contributed by atoms with Gasteiger partial charge in [0.15, 0.2) is 0 Å². The fourth-order valence-corrected chi connectivity index (χ4v) is 4.85. The summed E-state index contributed by atoms with van der Waals surface area (Å²) < 4.78 is 39.0. The third-order valence-electron chi connectivity index (χ3n) is 4.80. The maximum atomic E-state index is 13.3. The molecule has 0 saturated heterocycles. The molecule has 0 saturated carbocycles. The number of hydrazone groups is 1. The molecule has 0 radical (unpaired) electrons. The molecule has 1 N–H and O–H groups in total. The third kappa shape index (κ3) is 6.66. The number of nitrogens with one attached hydrogen (secondary N) is 1. The van der Waals surface area contributed by atoms with Crippen molar-refractivity contribution >= 4 is 38.1 Å². The number of hydrogen-bond donors (Lipinski definition) is 1. The number of benzene rings is 3. The quantitative estimate of drug-likeness (QED) is 0.308. The van der Waals surface area contributed by atoms with E-state index in [0.29, 0.717) is 17.1 Å².